The molecule has 1 heterocycles. The smallest absolute Gasteiger partial charge is 0.251 e. The first-order valence-corrected chi connectivity index (χ1v) is 6.59. The zero-order valence-corrected chi connectivity index (χ0v) is 12.2. The monoisotopic (exact) mass is 310 g/mol. The summed E-state index contributed by atoms with van der Waals surface area (Å²) < 4.78 is 4.97. The number of carbonyl (C=O) groups excluding carboxylic acids is 1. The van der Waals surface area contributed by atoms with E-state index in [1.54, 1.807) is 6.07 Å². The Hall–Kier alpha value is -1.78. The van der Waals surface area contributed by atoms with E-state index in [9.17, 15) is 4.79 Å². The van der Waals surface area contributed by atoms with E-state index in [0.717, 1.165) is 5.56 Å². The van der Waals surface area contributed by atoms with E-state index in [-0.39, 0.29) is 11.1 Å². The van der Waals surface area contributed by atoms with Gasteiger partial charge in [0, 0.05) is 23.2 Å². The van der Waals surface area contributed by atoms with E-state index < -0.39 is 0 Å². The van der Waals surface area contributed by atoms with Gasteiger partial charge in [0.15, 0.2) is 0 Å². The molecular weight excluding hydrogens is 299 g/mol. The summed E-state index contributed by atoms with van der Waals surface area (Å²) in [6, 6.07) is 10.3. The number of rotatable bonds is 4. The number of nitrogens with one attached hydrogen (secondary N) is 1. The van der Waals surface area contributed by atoms with Crippen molar-refractivity contribution in [3.63, 3.8) is 0 Å². The molecule has 1 amide bonds. The highest BCUT2D eigenvalue weighted by Gasteiger charge is 2.10. The van der Waals surface area contributed by atoms with Crippen LogP contribution in [0.3, 0.4) is 0 Å². The van der Waals surface area contributed by atoms with E-state index in [1.165, 1.54) is 19.2 Å². The highest BCUT2D eigenvalue weighted by atomic mass is 35.5. The summed E-state index contributed by atoms with van der Waals surface area (Å²) in [5, 5.41) is 3.58. The molecule has 0 fully saturated rings. The van der Waals surface area contributed by atoms with Crippen LogP contribution in [0.5, 0.6) is 5.88 Å². The van der Waals surface area contributed by atoms with Gasteiger partial charge in [-0.3, -0.25) is 4.79 Å². The number of hydrogen-bond donors (Lipinski definition) is 1. The number of benzene rings is 1. The third-order valence-electron chi connectivity index (χ3n) is 2.64. The number of methoxy groups -OCH3 is 1. The van der Waals surface area contributed by atoms with Crippen molar-refractivity contribution in [3.8, 4) is 5.88 Å². The van der Waals surface area contributed by atoms with Crippen LogP contribution in [0.2, 0.25) is 10.2 Å². The number of nitrogens with zero attached hydrogens (tertiary/aromatic N) is 1. The van der Waals surface area contributed by atoms with E-state index >= 15 is 0 Å². The topological polar surface area (TPSA) is 51.2 Å². The zero-order valence-electron chi connectivity index (χ0n) is 10.7. The Labute approximate surface area is 126 Å². The number of halogens is 2. The molecule has 0 unspecified atom stereocenters. The lowest BCUT2D eigenvalue weighted by Crippen LogP contribution is -2.23. The van der Waals surface area contributed by atoms with Gasteiger partial charge >= 0.3 is 0 Å². The summed E-state index contributed by atoms with van der Waals surface area (Å²) >= 11 is 11.8. The van der Waals surface area contributed by atoms with Gasteiger partial charge in [-0.1, -0.05) is 41.4 Å². The lowest BCUT2D eigenvalue weighted by atomic mass is 10.2. The Morgan fingerprint density at radius 1 is 1.30 bits per heavy atom. The standard InChI is InChI=1S/C14H12Cl2N2O2/c1-20-13-7-10(6-12(16)18-13)14(19)17-8-9-4-2-3-5-11(9)15/h2-7H,8H2,1H3,(H,17,19). The minimum absolute atomic E-state index is 0.201. The van der Waals surface area contributed by atoms with Crippen LogP contribution in [0, 0.1) is 0 Å². The molecule has 0 saturated heterocycles. The molecule has 1 aromatic carbocycles. The number of hydrogen-bond acceptors (Lipinski definition) is 3. The van der Waals surface area contributed by atoms with Crippen LogP contribution in [0.1, 0.15) is 15.9 Å². The molecule has 0 atom stereocenters. The molecule has 0 bridgehead atoms. The molecule has 0 aliphatic rings. The fourth-order valence-electron chi connectivity index (χ4n) is 1.63. The van der Waals surface area contributed by atoms with Gasteiger partial charge in [-0.15, -0.1) is 0 Å². The van der Waals surface area contributed by atoms with Crippen molar-refractivity contribution >= 4 is 29.1 Å². The summed E-state index contributed by atoms with van der Waals surface area (Å²) in [5.74, 6) is 0.0212. The van der Waals surface area contributed by atoms with Crippen LogP contribution < -0.4 is 10.1 Å². The number of pyridine rings is 1. The Morgan fingerprint density at radius 2 is 2.05 bits per heavy atom. The number of carbonyl (C=O) groups is 1. The van der Waals surface area contributed by atoms with Gasteiger partial charge in [0.25, 0.3) is 5.91 Å². The molecule has 2 aromatic rings. The van der Waals surface area contributed by atoms with E-state index in [1.807, 2.05) is 18.2 Å². The largest absolute Gasteiger partial charge is 0.481 e. The average molecular weight is 311 g/mol. The van der Waals surface area contributed by atoms with Crippen molar-refractivity contribution in [2.24, 2.45) is 0 Å². The van der Waals surface area contributed by atoms with Crippen LogP contribution in [0.15, 0.2) is 36.4 Å². The SMILES string of the molecule is COc1cc(C(=O)NCc2ccccc2Cl)cc(Cl)n1. The summed E-state index contributed by atoms with van der Waals surface area (Å²) in [6.07, 6.45) is 0. The van der Waals surface area contributed by atoms with Crippen molar-refractivity contribution in [1.82, 2.24) is 10.3 Å². The summed E-state index contributed by atoms with van der Waals surface area (Å²) in [5.41, 5.74) is 1.23. The maximum atomic E-state index is 12.1. The Morgan fingerprint density at radius 3 is 2.75 bits per heavy atom. The Kier molecular flexibility index (Phi) is 4.82. The number of amides is 1. The van der Waals surface area contributed by atoms with Gasteiger partial charge in [0.1, 0.15) is 5.15 Å². The highest BCUT2D eigenvalue weighted by Crippen LogP contribution is 2.17. The third kappa shape index (κ3) is 3.62. The van der Waals surface area contributed by atoms with Crippen molar-refractivity contribution in [2.45, 2.75) is 6.54 Å². The summed E-state index contributed by atoms with van der Waals surface area (Å²) in [7, 11) is 1.46. The molecule has 0 spiro atoms. The Balaban J connectivity index is 2.09. The fraction of sp³-hybridized carbons (Fsp3) is 0.143. The molecule has 0 aliphatic heterocycles. The van der Waals surface area contributed by atoms with E-state index in [0.29, 0.717) is 23.0 Å². The Bertz CT molecular complexity index is 632. The van der Waals surface area contributed by atoms with Crippen LogP contribution in [-0.2, 0) is 6.54 Å². The van der Waals surface area contributed by atoms with Crippen LogP contribution in [-0.4, -0.2) is 18.0 Å². The summed E-state index contributed by atoms with van der Waals surface area (Å²) in [4.78, 5) is 16.0. The van der Waals surface area contributed by atoms with Gasteiger partial charge < -0.3 is 10.1 Å². The number of aromatic nitrogens is 1. The summed E-state index contributed by atoms with van der Waals surface area (Å²) in [6.45, 7) is 0.334. The highest BCUT2D eigenvalue weighted by molar-refractivity contribution is 6.31. The molecule has 104 valence electrons. The second kappa shape index (κ2) is 6.59. The predicted molar refractivity (Wildman–Crippen MR) is 78.4 cm³/mol. The molecule has 0 saturated carbocycles. The van der Waals surface area contributed by atoms with Crippen molar-refractivity contribution in [2.75, 3.05) is 7.11 Å². The second-order valence-corrected chi connectivity index (χ2v) is 4.79. The quantitative estimate of drug-likeness (QED) is 0.881. The lowest BCUT2D eigenvalue weighted by molar-refractivity contribution is 0.0950. The average Bonchev–Trinajstić information content (AvgIpc) is 2.45. The lowest BCUT2D eigenvalue weighted by Gasteiger charge is -2.08. The van der Waals surface area contributed by atoms with Gasteiger partial charge in [-0.2, -0.15) is 0 Å². The molecule has 0 aliphatic carbocycles. The van der Waals surface area contributed by atoms with Gasteiger partial charge in [0.2, 0.25) is 5.88 Å². The van der Waals surface area contributed by atoms with Crippen LogP contribution in [0.25, 0.3) is 0 Å². The first kappa shape index (κ1) is 14.6. The molecule has 2 rings (SSSR count). The maximum absolute atomic E-state index is 12.1. The van der Waals surface area contributed by atoms with Crippen molar-refractivity contribution < 1.29 is 9.53 Å². The zero-order chi connectivity index (χ0) is 14.5. The molecule has 6 heteroatoms. The van der Waals surface area contributed by atoms with Crippen LogP contribution >= 0.6 is 23.2 Å². The normalized spacial score (nSPS) is 10.2. The fourth-order valence-corrected chi connectivity index (χ4v) is 2.03. The van der Waals surface area contributed by atoms with E-state index in [2.05, 4.69) is 10.3 Å². The first-order valence-electron chi connectivity index (χ1n) is 5.83. The van der Waals surface area contributed by atoms with E-state index in [4.69, 9.17) is 27.9 Å². The molecule has 1 N–H and O–H groups in total. The maximum Gasteiger partial charge on any atom is 0.251 e. The van der Waals surface area contributed by atoms with Gasteiger partial charge in [-0.25, -0.2) is 4.98 Å². The first-order chi connectivity index (χ1) is 9.60. The number of ether oxygens (including phenoxy) is 1. The molecule has 4 nitrogen and oxygen atoms in total. The third-order valence-corrected chi connectivity index (χ3v) is 3.20. The molecule has 0 radical (unpaired) electrons. The molecular formula is C14H12Cl2N2O2. The van der Waals surface area contributed by atoms with Gasteiger partial charge in [0.05, 0.1) is 7.11 Å². The van der Waals surface area contributed by atoms with Crippen molar-refractivity contribution in [1.29, 1.82) is 0 Å². The minimum Gasteiger partial charge on any atom is -0.481 e. The predicted octanol–water partition coefficient (Wildman–Crippen LogP) is 3.33. The second-order valence-electron chi connectivity index (χ2n) is 3.99. The van der Waals surface area contributed by atoms with Gasteiger partial charge in [-0.05, 0) is 17.7 Å². The van der Waals surface area contributed by atoms with Crippen LogP contribution in [0.4, 0.5) is 0 Å². The molecule has 1 aromatic heterocycles. The molecule has 20 heavy (non-hydrogen) atoms. The minimum atomic E-state index is -0.271. The van der Waals surface area contributed by atoms with Crippen molar-refractivity contribution in [3.05, 3.63) is 57.7 Å².